The molecule has 2 rings (SSSR count). The number of rotatable bonds is 7. The number of ether oxygens (including phenoxy) is 1. The fourth-order valence-electron chi connectivity index (χ4n) is 2.16. The van der Waals surface area contributed by atoms with Gasteiger partial charge in [-0.3, -0.25) is 14.0 Å². The van der Waals surface area contributed by atoms with Crippen LogP contribution in [0.25, 0.3) is 11.0 Å². The van der Waals surface area contributed by atoms with Crippen molar-refractivity contribution in [2.75, 3.05) is 20.3 Å². The van der Waals surface area contributed by atoms with Gasteiger partial charge in [-0.15, -0.1) is 0 Å². The van der Waals surface area contributed by atoms with E-state index in [1.807, 2.05) is 0 Å². The molecule has 2 aromatic heterocycles. The number of fused-ring (bicyclic) bond motifs is 1. The summed E-state index contributed by atoms with van der Waals surface area (Å²) in [6.45, 7) is 4.08. The van der Waals surface area contributed by atoms with E-state index in [1.165, 1.54) is 0 Å². The van der Waals surface area contributed by atoms with Gasteiger partial charge in [-0.2, -0.15) is 5.10 Å². The van der Waals surface area contributed by atoms with Crippen LogP contribution in [0.1, 0.15) is 13.3 Å². The summed E-state index contributed by atoms with van der Waals surface area (Å²) in [5.41, 5.74) is 0.540. The van der Waals surface area contributed by atoms with Crippen LogP contribution in [-0.4, -0.2) is 45.6 Å². The van der Waals surface area contributed by atoms with E-state index in [0.29, 0.717) is 24.2 Å². The van der Waals surface area contributed by atoms with Gasteiger partial charge >= 0.3 is 0 Å². The molecule has 0 fully saturated rings. The molecule has 0 saturated carbocycles. The van der Waals surface area contributed by atoms with Crippen LogP contribution in [0.4, 0.5) is 0 Å². The highest BCUT2D eigenvalue weighted by Crippen LogP contribution is 2.03. The average molecular weight is 279 g/mol. The van der Waals surface area contributed by atoms with Crippen LogP contribution in [-0.2, 0) is 18.3 Å². The lowest BCUT2D eigenvalue weighted by molar-refractivity contribution is 0.158. The molecule has 7 heteroatoms. The van der Waals surface area contributed by atoms with Crippen LogP contribution in [0.15, 0.2) is 17.3 Å². The van der Waals surface area contributed by atoms with Crippen molar-refractivity contribution in [3.63, 3.8) is 0 Å². The van der Waals surface area contributed by atoms with E-state index in [1.54, 1.807) is 35.9 Å². The van der Waals surface area contributed by atoms with Crippen LogP contribution < -0.4 is 10.9 Å². The summed E-state index contributed by atoms with van der Waals surface area (Å²) in [5.74, 6) is 0. The third-order valence-corrected chi connectivity index (χ3v) is 3.19. The van der Waals surface area contributed by atoms with Crippen LogP contribution >= 0.6 is 0 Å². The maximum atomic E-state index is 12.4. The number of nitrogens with one attached hydrogen (secondary N) is 1. The van der Waals surface area contributed by atoms with Gasteiger partial charge in [-0.25, -0.2) is 4.98 Å². The third-order valence-electron chi connectivity index (χ3n) is 3.19. The zero-order valence-corrected chi connectivity index (χ0v) is 12.2. The predicted molar refractivity (Wildman–Crippen MR) is 76.7 cm³/mol. The molecule has 1 unspecified atom stereocenters. The second-order valence-electron chi connectivity index (χ2n) is 4.81. The van der Waals surface area contributed by atoms with Gasteiger partial charge in [-0.05, 0) is 13.0 Å². The van der Waals surface area contributed by atoms with Gasteiger partial charge < -0.3 is 10.1 Å². The second kappa shape index (κ2) is 6.62. The smallest absolute Gasteiger partial charge is 0.264 e. The van der Waals surface area contributed by atoms with E-state index < -0.39 is 0 Å². The summed E-state index contributed by atoms with van der Waals surface area (Å²) in [7, 11) is 3.43. The minimum atomic E-state index is -0.0671. The number of nitrogens with zero attached hydrogens (tertiary/aromatic N) is 4. The Kier molecular flexibility index (Phi) is 4.86. The highest BCUT2D eigenvalue weighted by atomic mass is 16.5. The predicted octanol–water partition coefficient (Wildman–Crippen LogP) is 0.145. The summed E-state index contributed by atoms with van der Waals surface area (Å²) in [4.78, 5) is 16.6. The fourth-order valence-corrected chi connectivity index (χ4v) is 2.16. The maximum absolute atomic E-state index is 12.4. The quantitative estimate of drug-likeness (QED) is 0.780. The van der Waals surface area contributed by atoms with Gasteiger partial charge in [0, 0.05) is 26.7 Å². The summed E-state index contributed by atoms with van der Waals surface area (Å²) >= 11 is 0. The van der Waals surface area contributed by atoms with E-state index in [0.717, 1.165) is 13.0 Å². The molecule has 2 heterocycles. The van der Waals surface area contributed by atoms with Crippen molar-refractivity contribution in [2.45, 2.75) is 25.9 Å². The topological polar surface area (TPSA) is 74.0 Å². The molecule has 0 amide bonds. The molecule has 0 aliphatic carbocycles. The molecule has 20 heavy (non-hydrogen) atoms. The first-order valence-electron chi connectivity index (χ1n) is 6.76. The minimum absolute atomic E-state index is 0.0671. The highest BCUT2D eigenvalue weighted by molar-refractivity contribution is 5.72. The van der Waals surface area contributed by atoms with Gasteiger partial charge in [0.25, 0.3) is 5.56 Å². The molecule has 1 N–H and O–H groups in total. The first-order chi connectivity index (χ1) is 9.67. The Morgan fingerprint density at radius 2 is 2.30 bits per heavy atom. The zero-order chi connectivity index (χ0) is 14.5. The summed E-state index contributed by atoms with van der Waals surface area (Å²) < 4.78 is 8.40. The van der Waals surface area contributed by atoms with E-state index in [9.17, 15) is 4.79 Å². The molecular formula is C13H21N5O2. The lowest BCUT2D eigenvalue weighted by Crippen LogP contribution is -2.40. The molecule has 0 spiro atoms. The monoisotopic (exact) mass is 279 g/mol. The lowest BCUT2D eigenvalue weighted by Gasteiger charge is -2.18. The molecule has 1 atom stereocenters. The normalized spacial score (nSPS) is 12.9. The maximum Gasteiger partial charge on any atom is 0.264 e. The van der Waals surface area contributed by atoms with E-state index in [-0.39, 0.29) is 11.6 Å². The number of hydrogen-bond acceptors (Lipinski definition) is 5. The molecular weight excluding hydrogens is 258 g/mol. The molecule has 110 valence electrons. The minimum Gasteiger partial charge on any atom is -0.383 e. The number of aromatic nitrogens is 4. The summed E-state index contributed by atoms with van der Waals surface area (Å²) in [6.07, 6.45) is 4.17. The van der Waals surface area contributed by atoms with E-state index in [4.69, 9.17) is 4.74 Å². The molecule has 7 nitrogen and oxygen atoms in total. The first kappa shape index (κ1) is 14.7. The summed E-state index contributed by atoms with van der Waals surface area (Å²) in [6, 6.07) is 0.0913. The van der Waals surface area contributed by atoms with Crippen molar-refractivity contribution < 1.29 is 4.74 Å². The van der Waals surface area contributed by atoms with Gasteiger partial charge in [0.05, 0.1) is 12.8 Å². The average Bonchev–Trinajstić information content (AvgIpc) is 2.81. The van der Waals surface area contributed by atoms with Crippen molar-refractivity contribution >= 4 is 11.0 Å². The Labute approximate surface area is 117 Å². The highest BCUT2D eigenvalue weighted by Gasteiger charge is 2.12. The Morgan fingerprint density at radius 3 is 3.00 bits per heavy atom. The molecule has 0 saturated heterocycles. The number of aryl methyl sites for hydroxylation is 1. The fraction of sp³-hybridized carbons (Fsp3) is 0.615. The number of hydrogen-bond donors (Lipinski definition) is 1. The Bertz CT molecular complexity index is 619. The van der Waals surface area contributed by atoms with Gasteiger partial charge in [-0.1, -0.05) is 6.92 Å². The third kappa shape index (κ3) is 3.05. The van der Waals surface area contributed by atoms with E-state index >= 15 is 0 Å². The molecule has 0 radical (unpaired) electrons. The van der Waals surface area contributed by atoms with Crippen LogP contribution in [0.2, 0.25) is 0 Å². The van der Waals surface area contributed by atoms with Crippen molar-refractivity contribution in [1.29, 1.82) is 0 Å². The second-order valence-corrected chi connectivity index (χ2v) is 4.81. The molecule has 0 aliphatic rings. The van der Waals surface area contributed by atoms with Crippen LogP contribution in [0, 0.1) is 0 Å². The van der Waals surface area contributed by atoms with Crippen LogP contribution in [0.3, 0.4) is 0 Å². The SMILES string of the molecule is CCCNC(COC)Cn1cnc2c(cnn2C)c1=O. The van der Waals surface area contributed by atoms with Gasteiger partial charge in [0.1, 0.15) is 11.7 Å². The summed E-state index contributed by atoms with van der Waals surface area (Å²) in [5, 5.41) is 7.97. The Hall–Kier alpha value is -1.73. The lowest BCUT2D eigenvalue weighted by atomic mass is 10.3. The first-order valence-corrected chi connectivity index (χ1v) is 6.76. The largest absolute Gasteiger partial charge is 0.383 e. The Morgan fingerprint density at radius 1 is 1.50 bits per heavy atom. The molecule has 0 aliphatic heterocycles. The van der Waals surface area contributed by atoms with Gasteiger partial charge in [0.15, 0.2) is 5.65 Å². The Balaban J connectivity index is 2.23. The van der Waals surface area contributed by atoms with Gasteiger partial charge in [0.2, 0.25) is 0 Å². The molecule has 0 aromatic carbocycles. The van der Waals surface area contributed by atoms with Crippen molar-refractivity contribution in [3.8, 4) is 0 Å². The van der Waals surface area contributed by atoms with E-state index in [2.05, 4.69) is 22.3 Å². The standard InChI is InChI=1S/C13H21N5O2/c1-4-5-14-10(8-20-3)7-18-9-15-12-11(13(18)19)6-16-17(12)2/h6,9-10,14H,4-5,7-8H2,1-3H3. The van der Waals surface area contributed by atoms with Crippen molar-refractivity contribution in [3.05, 3.63) is 22.9 Å². The molecule has 0 bridgehead atoms. The zero-order valence-electron chi connectivity index (χ0n) is 12.2. The molecule has 2 aromatic rings. The van der Waals surface area contributed by atoms with Crippen LogP contribution in [0.5, 0.6) is 0 Å². The van der Waals surface area contributed by atoms with Crippen molar-refractivity contribution in [2.24, 2.45) is 7.05 Å². The van der Waals surface area contributed by atoms with Crippen molar-refractivity contribution in [1.82, 2.24) is 24.6 Å². The number of methoxy groups -OCH3 is 1.